The minimum atomic E-state index is -0.988. The van der Waals surface area contributed by atoms with Crippen LogP contribution >= 0.6 is 0 Å². The lowest BCUT2D eigenvalue weighted by atomic mass is 10.1. The molecule has 0 fully saturated rings. The van der Waals surface area contributed by atoms with Gasteiger partial charge in [-0.2, -0.15) is 0 Å². The molecule has 2 N–H and O–H groups in total. The van der Waals surface area contributed by atoms with Gasteiger partial charge in [-0.25, -0.2) is 0 Å². The van der Waals surface area contributed by atoms with Crippen molar-refractivity contribution in [2.75, 3.05) is 11.9 Å². The molecule has 5 nitrogen and oxygen atoms in total. The number of nitrogens with one attached hydrogen (secondary N) is 1. The zero-order chi connectivity index (χ0) is 15.2. The minimum Gasteiger partial charge on any atom is -0.480 e. The van der Waals surface area contributed by atoms with E-state index in [0.29, 0.717) is 12.1 Å². The average Bonchev–Trinajstić information content (AvgIpc) is 2.46. The van der Waals surface area contributed by atoms with E-state index in [-0.39, 0.29) is 18.0 Å². The van der Waals surface area contributed by atoms with Crippen LogP contribution < -0.4 is 5.32 Å². The maximum absolute atomic E-state index is 11.5. The number of Topliss-reactive ketones (excluding diaryl/α,β-unsaturated/α-hetero) is 1. The first-order valence-electron chi connectivity index (χ1n) is 6.55. The van der Waals surface area contributed by atoms with Gasteiger partial charge in [-0.1, -0.05) is 30.3 Å². The molecular formula is C16H16N2O3. The van der Waals surface area contributed by atoms with Crippen LogP contribution in [0.3, 0.4) is 0 Å². The Labute approximate surface area is 122 Å². The Morgan fingerprint density at radius 1 is 1.19 bits per heavy atom. The lowest BCUT2D eigenvalue weighted by molar-refractivity contribution is -0.134. The Morgan fingerprint density at radius 2 is 1.90 bits per heavy atom. The third-order valence-corrected chi connectivity index (χ3v) is 2.96. The highest BCUT2D eigenvalue weighted by molar-refractivity contribution is 5.98. The van der Waals surface area contributed by atoms with Crippen LogP contribution in [0.4, 0.5) is 5.69 Å². The second-order valence-corrected chi connectivity index (χ2v) is 4.71. The molecule has 0 aliphatic carbocycles. The van der Waals surface area contributed by atoms with Gasteiger partial charge in [0.2, 0.25) is 0 Å². The van der Waals surface area contributed by atoms with Crippen LogP contribution in [-0.4, -0.2) is 28.4 Å². The maximum Gasteiger partial charge on any atom is 0.322 e. The number of rotatable bonds is 6. The number of carbonyl (C=O) groups is 2. The number of nitrogens with zero attached hydrogens (tertiary/aromatic N) is 1. The van der Waals surface area contributed by atoms with Gasteiger partial charge in [0, 0.05) is 13.1 Å². The smallest absolute Gasteiger partial charge is 0.322 e. The summed E-state index contributed by atoms with van der Waals surface area (Å²) < 4.78 is 0. The fourth-order valence-corrected chi connectivity index (χ4v) is 2.02. The van der Waals surface area contributed by atoms with Gasteiger partial charge < -0.3 is 10.4 Å². The fraction of sp³-hybridized carbons (Fsp3) is 0.188. The molecule has 0 radical (unpaired) electrons. The fourth-order valence-electron chi connectivity index (χ4n) is 2.02. The van der Waals surface area contributed by atoms with Crippen molar-refractivity contribution in [1.29, 1.82) is 0 Å². The van der Waals surface area contributed by atoms with E-state index in [2.05, 4.69) is 10.3 Å². The van der Waals surface area contributed by atoms with Crippen LogP contribution in [0.15, 0.2) is 42.6 Å². The van der Waals surface area contributed by atoms with E-state index in [4.69, 9.17) is 5.11 Å². The van der Waals surface area contributed by atoms with E-state index >= 15 is 0 Å². The number of carboxylic acids is 1. The number of anilines is 1. The Balaban J connectivity index is 2.25. The van der Waals surface area contributed by atoms with E-state index in [1.54, 1.807) is 12.3 Å². The Kier molecular flexibility index (Phi) is 4.66. The van der Waals surface area contributed by atoms with Crippen molar-refractivity contribution < 1.29 is 14.7 Å². The van der Waals surface area contributed by atoms with Gasteiger partial charge in [-0.05, 0) is 23.6 Å². The molecule has 108 valence electrons. The first-order valence-corrected chi connectivity index (χ1v) is 6.55. The molecule has 0 amide bonds. The predicted octanol–water partition coefficient (Wildman–Crippen LogP) is 2.37. The van der Waals surface area contributed by atoms with Crippen LogP contribution in [0.1, 0.15) is 28.5 Å². The number of aromatic nitrogens is 1. The Morgan fingerprint density at radius 3 is 2.52 bits per heavy atom. The third kappa shape index (κ3) is 4.14. The number of carbonyl (C=O) groups excluding carboxylic acids is 1. The molecule has 0 unspecified atom stereocenters. The molecular weight excluding hydrogens is 268 g/mol. The molecule has 1 heterocycles. The van der Waals surface area contributed by atoms with Gasteiger partial charge in [0.25, 0.3) is 0 Å². The van der Waals surface area contributed by atoms with Gasteiger partial charge in [0.1, 0.15) is 12.2 Å². The molecule has 0 aliphatic heterocycles. The van der Waals surface area contributed by atoms with E-state index in [0.717, 1.165) is 11.1 Å². The molecule has 0 aliphatic rings. The molecule has 2 rings (SSSR count). The SMILES string of the molecule is CC(=O)c1ncc(Cc2ccccc2)cc1NCC(=O)O. The number of benzene rings is 1. The van der Waals surface area contributed by atoms with Crippen molar-refractivity contribution in [3.63, 3.8) is 0 Å². The second kappa shape index (κ2) is 6.65. The molecule has 5 heteroatoms. The van der Waals surface area contributed by atoms with Crippen molar-refractivity contribution >= 4 is 17.4 Å². The number of aliphatic carboxylic acids is 1. The van der Waals surface area contributed by atoms with Crippen LogP contribution in [0.25, 0.3) is 0 Å². The highest BCUT2D eigenvalue weighted by Crippen LogP contribution is 2.18. The van der Waals surface area contributed by atoms with Crippen molar-refractivity contribution in [2.45, 2.75) is 13.3 Å². The van der Waals surface area contributed by atoms with Gasteiger partial charge in [0.05, 0.1) is 5.69 Å². The average molecular weight is 284 g/mol. The zero-order valence-corrected chi connectivity index (χ0v) is 11.7. The van der Waals surface area contributed by atoms with E-state index in [9.17, 15) is 9.59 Å². The molecule has 1 aromatic heterocycles. The molecule has 0 bridgehead atoms. The second-order valence-electron chi connectivity index (χ2n) is 4.71. The number of hydrogen-bond donors (Lipinski definition) is 2. The molecule has 0 atom stereocenters. The van der Waals surface area contributed by atoms with Crippen LogP contribution in [0.2, 0.25) is 0 Å². The van der Waals surface area contributed by atoms with E-state index in [1.165, 1.54) is 6.92 Å². The quantitative estimate of drug-likeness (QED) is 0.796. The van der Waals surface area contributed by atoms with Gasteiger partial charge in [-0.3, -0.25) is 14.6 Å². The number of carboxylic acid groups (broad SMARTS) is 1. The summed E-state index contributed by atoms with van der Waals surface area (Å²) in [6.07, 6.45) is 2.32. The predicted molar refractivity (Wildman–Crippen MR) is 79.6 cm³/mol. The topological polar surface area (TPSA) is 79.3 Å². The van der Waals surface area contributed by atoms with Crippen molar-refractivity contribution in [3.05, 3.63) is 59.4 Å². The zero-order valence-electron chi connectivity index (χ0n) is 11.7. The maximum atomic E-state index is 11.5. The van der Waals surface area contributed by atoms with Crippen molar-refractivity contribution in [3.8, 4) is 0 Å². The molecule has 21 heavy (non-hydrogen) atoms. The number of pyridine rings is 1. The molecule has 1 aromatic carbocycles. The van der Waals surface area contributed by atoms with Crippen LogP contribution in [0.5, 0.6) is 0 Å². The molecule has 2 aromatic rings. The molecule has 0 saturated carbocycles. The van der Waals surface area contributed by atoms with Gasteiger partial charge in [-0.15, -0.1) is 0 Å². The highest BCUT2D eigenvalue weighted by atomic mass is 16.4. The summed E-state index contributed by atoms with van der Waals surface area (Å²) in [7, 11) is 0. The molecule has 0 saturated heterocycles. The molecule has 0 spiro atoms. The summed E-state index contributed by atoms with van der Waals surface area (Å²) in [5.41, 5.74) is 2.75. The summed E-state index contributed by atoms with van der Waals surface area (Å²) in [5, 5.41) is 11.5. The lowest BCUT2D eigenvalue weighted by Crippen LogP contribution is -2.15. The summed E-state index contributed by atoms with van der Waals surface area (Å²) >= 11 is 0. The normalized spacial score (nSPS) is 10.1. The van der Waals surface area contributed by atoms with Crippen molar-refractivity contribution in [1.82, 2.24) is 4.98 Å². The monoisotopic (exact) mass is 284 g/mol. The third-order valence-electron chi connectivity index (χ3n) is 2.96. The summed E-state index contributed by atoms with van der Waals surface area (Å²) in [6.45, 7) is 1.15. The van der Waals surface area contributed by atoms with Crippen molar-refractivity contribution in [2.24, 2.45) is 0 Å². The highest BCUT2D eigenvalue weighted by Gasteiger charge is 2.11. The standard InChI is InChI=1S/C16H16N2O3/c1-11(19)16-14(17-10-15(20)21)8-13(9-18-16)7-12-5-3-2-4-6-12/h2-6,8-9,17H,7,10H2,1H3,(H,20,21). The first-order chi connectivity index (χ1) is 10.1. The number of ketones is 1. The summed E-state index contributed by atoms with van der Waals surface area (Å²) in [5.74, 6) is -1.19. The largest absolute Gasteiger partial charge is 0.480 e. The van der Waals surface area contributed by atoms with Crippen LogP contribution in [-0.2, 0) is 11.2 Å². The minimum absolute atomic E-state index is 0.200. The first kappa shape index (κ1) is 14.7. The van der Waals surface area contributed by atoms with Crippen LogP contribution in [0, 0.1) is 0 Å². The lowest BCUT2D eigenvalue weighted by Gasteiger charge is -2.10. The van der Waals surface area contributed by atoms with E-state index < -0.39 is 5.97 Å². The van der Waals surface area contributed by atoms with Gasteiger partial charge in [0.15, 0.2) is 5.78 Å². The summed E-state index contributed by atoms with van der Waals surface area (Å²) in [4.78, 5) is 26.3. The Hall–Kier alpha value is -2.69. The number of hydrogen-bond acceptors (Lipinski definition) is 4. The van der Waals surface area contributed by atoms with Gasteiger partial charge >= 0.3 is 5.97 Å². The Bertz CT molecular complexity index is 654. The summed E-state index contributed by atoms with van der Waals surface area (Å²) in [6, 6.07) is 11.6. The van der Waals surface area contributed by atoms with E-state index in [1.807, 2.05) is 30.3 Å².